The van der Waals surface area contributed by atoms with Crippen LogP contribution in [0.5, 0.6) is 0 Å². The summed E-state index contributed by atoms with van der Waals surface area (Å²) in [6, 6.07) is 10.5. The van der Waals surface area contributed by atoms with E-state index in [2.05, 4.69) is 15.9 Å². The van der Waals surface area contributed by atoms with Crippen LogP contribution in [-0.4, -0.2) is 22.1 Å². The molecule has 0 radical (unpaired) electrons. The standard InChI is InChI=1S/C22H23BrClFN2O2/c1-4-29-21(28)12-22(2,3)11-20-26-18-10-16(24)7-8-19(18)27(20)13-14-5-6-15(23)9-17(14)25/h5-10H,4,11-13H2,1-3H3. The van der Waals surface area contributed by atoms with E-state index in [1.165, 1.54) is 6.07 Å². The Labute approximate surface area is 183 Å². The first-order valence-electron chi connectivity index (χ1n) is 9.43. The number of hydrogen-bond donors (Lipinski definition) is 0. The zero-order chi connectivity index (χ0) is 21.2. The van der Waals surface area contributed by atoms with Crippen molar-refractivity contribution in [1.29, 1.82) is 0 Å². The molecule has 29 heavy (non-hydrogen) atoms. The van der Waals surface area contributed by atoms with Crippen LogP contribution in [-0.2, 0) is 22.5 Å². The summed E-state index contributed by atoms with van der Waals surface area (Å²) in [5.41, 5.74) is 1.82. The smallest absolute Gasteiger partial charge is 0.306 e. The van der Waals surface area contributed by atoms with Crippen molar-refractivity contribution in [3.8, 4) is 0 Å². The lowest BCUT2D eigenvalue weighted by Crippen LogP contribution is -2.23. The number of fused-ring (bicyclic) bond motifs is 1. The Kier molecular flexibility index (Phi) is 6.64. The quantitative estimate of drug-likeness (QED) is 0.380. The van der Waals surface area contributed by atoms with Gasteiger partial charge in [-0.05, 0) is 42.7 Å². The maximum Gasteiger partial charge on any atom is 0.306 e. The minimum Gasteiger partial charge on any atom is -0.466 e. The third-order valence-electron chi connectivity index (χ3n) is 4.70. The van der Waals surface area contributed by atoms with Gasteiger partial charge in [-0.3, -0.25) is 4.79 Å². The van der Waals surface area contributed by atoms with E-state index in [1.54, 1.807) is 25.1 Å². The van der Waals surface area contributed by atoms with Crippen LogP contribution in [0.3, 0.4) is 0 Å². The molecule has 0 N–H and O–H groups in total. The van der Waals surface area contributed by atoms with E-state index >= 15 is 0 Å². The molecule has 0 atom stereocenters. The summed E-state index contributed by atoms with van der Waals surface area (Å²) >= 11 is 9.44. The molecule has 1 aromatic heterocycles. The number of benzene rings is 2. The SMILES string of the molecule is CCOC(=O)CC(C)(C)Cc1nc2cc(Cl)ccc2n1Cc1ccc(Br)cc1F. The first kappa shape index (κ1) is 21.8. The van der Waals surface area contributed by atoms with E-state index < -0.39 is 0 Å². The van der Waals surface area contributed by atoms with E-state index in [4.69, 9.17) is 21.3 Å². The molecule has 3 rings (SSSR count). The van der Waals surface area contributed by atoms with Gasteiger partial charge >= 0.3 is 5.97 Å². The molecule has 0 saturated heterocycles. The van der Waals surface area contributed by atoms with E-state index in [9.17, 15) is 9.18 Å². The van der Waals surface area contributed by atoms with Crippen molar-refractivity contribution in [3.63, 3.8) is 0 Å². The summed E-state index contributed by atoms with van der Waals surface area (Å²) in [4.78, 5) is 16.7. The van der Waals surface area contributed by atoms with Crippen molar-refractivity contribution in [3.05, 3.63) is 63.1 Å². The van der Waals surface area contributed by atoms with E-state index in [0.29, 0.717) is 34.6 Å². The summed E-state index contributed by atoms with van der Waals surface area (Å²) in [5.74, 6) is 0.257. The summed E-state index contributed by atoms with van der Waals surface area (Å²) in [7, 11) is 0. The van der Waals surface area contributed by atoms with E-state index in [1.807, 2.05) is 30.5 Å². The van der Waals surface area contributed by atoms with Crippen molar-refractivity contribution in [2.24, 2.45) is 5.41 Å². The zero-order valence-electron chi connectivity index (χ0n) is 16.6. The van der Waals surface area contributed by atoms with Crippen LogP contribution in [0.4, 0.5) is 4.39 Å². The van der Waals surface area contributed by atoms with Crippen LogP contribution < -0.4 is 0 Å². The number of aromatic nitrogens is 2. The average Bonchev–Trinajstić information content (AvgIpc) is 2.92. The van der Waals surface area contributed by atoms with Gasteiger partial charge in [-0.15, -0.1) is 0 Å². The third-order valence-corrected chi connectivity index (χ3v) is 5.43. The molecule has 154 valence electrons. The van der Waals surface area contributed by atoms with Crippen LogP contribution >= 0.6 is 27.5 Å². The number of hydrogen-bond acceptors (Lipinski definition) is 3. The topological polar surface area (TPSA) is 44.1 Å². The number of ether oxygens (including phenoxy) is 1. The maximum absolute atomic E-state index is 14.5. The van der Waals surface area contributed by atoms with Crippen LogP contribution in [0.1, 0.15) is 38.6 Å². The molecule has 0 bridgehead atoms. The van der Waals surface area contributed by atoms with Gasteiger partial charge in [0.1, 0.15) is 11.6 Å². The number of esters is 1. The molecule has 7 heteroatoms. The largest absolute Gasteiger partial charge is 0.466 e. The Morgan fingerprint density at radius 2 is 2.03 bits per heavy atom. The van der Waals surface area contributed by atoms with Gasteiger partial charge in [-0.1, -0.05) is 47.4 Å². The summed E-state index contributed by atoms with van der Waals surface area (Å²) < 4.78 is 22.3. The monoisotopic (exact) mass is 480 g/mol. The zero-order valence-corrected chi connectivity index (χ0v) is 19.0. The van der Waals surface area contributed by atoms with Gasteiger partial charge in [-0.2, -0.15) is 0 Å². The second kappa shape index (κ2) is 8.84. The molecule has 0 amide bonds. The summed E-state index contributed by atoms with van der Waals surface area (Å²) in [6.07, 6.45) is 0.813. The highest BCUT2D eigenvalue weighted by Gasteiger charge is 2.27. The molecule has 4 nitrogen and oxygen atoms in total. The van der Waals surface area contributed by atoms with Crippen molar-refractivity contribution in [2.75, 3.05) is 6.61 Å². The van der Waals surface area contributed by atoms with Crippen LogP contribution in [0, 0.1) is 11.2 Å². The Hall–Kier alpha value is -1.92. The lowest BCUT2D eigenvalue weighted by molar-refractivity contribution is -0.145. The number of imidazole rings is 1. The van der Waals surface area contributed by atoms with Crippen molar-refractivity contribution < 1.29 is 13.9 Å². The fraction of sp³-hybridized carbons (Fsp3) is 0.364. The third kappa shape index (κ3) is 5.37. The molecule has 2 aromatic carbocycles. The van der Waals surface area contributed by atoms with Crippen LogP contribution in [0.15, 0.2) is 40.9 Å². The van der Waals surface area contributed by atoms with Gasteiger partial charge in [0, 0.05) is 21.5 Å². The molecule has 0 unspecified atom stereocenters. The molecule has 0 aliphatic carbocycles. The van der Waals surface area contributed by atoms with Gasteiger partial charge in [0.2, 0.25) is 0 Å². The second-order valence-corrected chi connectivity index (χ2v) is 9.16. The highest BCUT2D eigenvalue weighted by Crippen LogP contribution is 2.30. The highest BCUT2D eigenvalue weighted by atomic mass is 79.9. The molecule has 0 aliphatic heterocycles. The van der Waals surface area contributed by atoms with Gasteiger partial charge in [0.05, 0.1) is 30.6 Å². The predicted octanol–water partition coefficient (Wildman–Crippen LogP) is 6.16. The van der Waals surface area contributed by atoms with Crippen molar-refractivity contribution >= 4 is 44.5 Å². The number of carbonyl (C=O) groups excluding carboxylic acids is 1. The van der Waals surface area contributed by atoms with Gasteiger partial charge < -0.3 is 9.30 Å². The number of rotatable bonds is 7. The number of nitrogens with zero attached hydrogens (tertiary/aromatic N) is 2. The Morgan fingerprint density at radius 1 is 1.28 bits per heavy atom. The molecular weight excluding hydrogens is 459 g/mol. The summed E-state index contributed by atoms with van der Waals surface area (Å²) in [5, 5.41) is 0.592. The molecule has 3 aromatic rings. The first-order chi connectivity index (χ1) is 13.7. The molecule has 0 saturated carbocycles. The van der Waals surface area contributed by atoms with Gasteiger partial charge in [0.25, 0.3) is 0 Å². The first-order valence-corrected chi connectivity index (χ1v) is 10.6. The maximum atomic E-state index is 14.5. The average molecular weight is 482 g/mol. The Bertz CT molecular complexity index is 1050. The second-order valence-electron chi connectivity index (χ2n) is 7.81. The molecule has 0 spiro atoms. The Morgan fingerprint density at radius 3 is 2.72 bits per heavy atom. The fourth-order valence-corrected chi connectivity index (χ4v) is 3.88. The molecule has 0 aliphatic rings. The predicted molar refractivity (Wildman–Crippen MR) is 117 cm³/mol. The van der Waals surface area contributed by atoms with Crippen LogP contribution in [0.2, 0.25) is 5.02 Å². The fourth-order valence-electron chi connectivity index (χ4n) is 3.38. The van der Waals surface area contributed by atoms with E-state index in [-0.39, 0.29) is 23.6 Å². The molecule has 1 heterocycles. The van der Waals surface area contributed by atoms with Gasteiger partial charge in [-0.25, -0.2) is 9.37 Å². The summed E-state index contributed by atoms with van der Waals surface area (Å²) in [6.45, 7) is 6.49. The van der Waals surface area contributed by atoms with Crippen molar-refractivity contribution in [1.82, 2.24) is 9.55 Å². The highest BCUT2D eigenvalue weighted by molar-refractivity contribution is 9.10. The van der Waals surface area contributed by atoms with E-state index in [0.717, 1.165) is 16.9 Å². The number of carbonyl (C=O) groups is 1. The minimum atomic E-state index is -0.368. The normalized spacial score (nSPS) is 11.8. The lowest BCUT2D eigenvalue weighted by Gasteiger charge is -2.23. The molecular formula is C22H23BrClFN2O2. The molecule has 0 fully saturated rings. The van der Waals surface area contributed by atoms with Crippen molar-refractivity contribution in [2.45, 2.75) is 40.2 Å². The van der Waals surface area contributed by atoms with Crippen LogP contribution in [0.25, 0.3) is 11.0 Å². The Balaban J connectivity index is 1.99. The number of halogens is 3. The minimum absolute atomic E-state index is 0.234. The lowest BCUT2D eigenvalue weighted by atomic mass is 9.85. The van der Waals surface area contributed by atoms with Gasteiger partial charge in [0.15, 0.2) is 0 Å².